The van der Waals surface area contributed by atoms with Gasteiger partial charge in [-0.15, -0.1) is 0 Å². The second-order valence-electron chi connectivity index (χ2n) is 5.80. The van der Waals surface area contributed by atoms with E-state index >= 15 is 0 Å². The molecule has 0 saturated heterocycles. The first kappa shape index (κ1) is 18.8. The van der Waals surface area contributed by atoms with Crippen LogP contribution in [0.5, 0.6) is 11.5 Å². The first-order chi connectivity index (χ1) is 13.2. The largest absolute Gasteiger partial charge is 0.497 e. The van der Waals surface area contributed by atoms with Crippen molar-refractivity contribution in [3.8, 4) is 22.9 Å². The summed E-state index contributed by atoms with van der Waals surface area (Å²) in [4.78, 5) is 17.0. The number of para-hydroxylation sites is 1. The monoisotopic (exact) mass is 383 g/mol. The van der Waals surface area contributed by atoms with E-state index < -0.39 is 0 Å². The van der Waals surface area contributed by atoms with Crippen LogP contribution in [-0.2, 0) is 0 Å². The molecule has 1 N–H and O–H groups in total. The fraction of sp³-hybridized carbons (Fsp3) is 0.250. The molecule has 7 heteroatoms. The van der Waals surface area contributed by atoms with Gasteiger partial charge in [0, 0.05) is 17.1 Å². The maximum absolute atomic E-state index is 12.6. The van der Waals surface area contributed by atoms with E-state index in [9.17, 15) is 4.79 Å². The van der Waals surface area contributed by atoms with Gasteiger partial charge in [-0.2, -0.15) is 9.36 Å². The van der Waals surface area contributed by atoms with Crippen molar-refractivity contribution in [2.45, 2.75) is 19.8 Å². The molecule has 0 atom stereocenters. The van der Waals surface area contributed by atoms with Gasteiger partial charge in [0.25, 0.3) is 5.91 Å². The highest BCUT2D eigenvalue weighted by molar-refractivity contribution is 7.10. The molecule has 0 aliphatic rings. The van der Waals surface area contributed by atoms with E-state index in [-0.39, 0.29) is 5.91 Å². The standard InChI is InChI=1S/C20H21N3O3S/c1-3-4-13-26-17-8-6-5-7-16(17)19(24)22-20-21-18(23-27-20)14-9-11-15(25-2)12-10-14/h5-12H,3-4,13H2,1-2H3,(H,21,22,23,24). The molecule has 0 unspecified atom stereocenters. The Morgan fingerprint density at radius 3 is 2.67 bits per heavy atom. The number of anilines is 1. The van der Waals surface area contributed by atoms with Gasteiger partial charge in [0.15, 0.2) is 5.82 Å². The van der Waals surface area contributed by atoms with Crippen LogP contribution in [0.1, 0.15) is 30.1 Å². The fourth-order valence-electron chi connectivity index (χ4n) is 2.40. The summed E-state index contributed by atoms with van der Waals surface area (Å²) in [5.41, 5.74) is 1.34. The third-order valence-electron chi connectivity index (χ3n) is 3.88. The minimum atomic E-state index is -0.264. The number of carbonyl (C=O) groups is 1. The Labute approximate surface area is 162 Å². The van der Waals surface area contributed by atoms with E-state index in [1.807, 2.05) is 36.4 Å². The highest BCUT2D eigenvalue weighted by Crippen LogP contribution is 2.25. The molecule has 3 aromatic rings. The van der Waals surface area contributed by atoms with Gasteiger partial charge in [-0.3, -0.25) is 10.1 Å². The minimum absolute atomic E-state index is 0.264. The molecule has 1 aromatic heterocycles. The molecule has 0 saturated carbocycles. The number of hydrogen-bond donors (Lipinski definition) is 1. The van der Waals surface area contributed by atoms with E-state index in [1.165, 1.54) is 0 Å². The molecular weight excluding hydrogens is 362 g/mol. The van der Waals surface area contributed by atoms with Crippen LogP contribution in [0, 0.1) is 0 Å². The maximum atomic E-state index is 12.6. The Morgan fingerprint density at radius 1 is 1.15 bits per heavy atom. The average Bonchev–Trinajstić information content (AvgIpc) is 3.17. The summed E-state index contributed by atoms with van der Waals surface area (Å²) >= 11 is 1.14. The van der Waals surface area contributed by atoms with Gasteiger partial charge in [-0.1, -0.05) is 25.5 Å². The molecule has 6 nitrogen and oxygen atoms in total. The summed E-state index contributed by atoms with van der Waals surface area (Å²) in [7, 11) is 1.62. The van der Waals surface area contributed by atoms with Crippen molar-refractivity contribution in [3.05, 3.63) is 54.1 Å². The lowest BCUT2D eigenvalue weighted by Gasteiger charge is -2.10. The zero-order valence-electron chi connectivity index (χ0n) is 15.3. The Kier molecular flexibility index (Phi) is 6.38. The van der Waals surface area contributed by atoms with Crippen LogP contribution in [0.2, 0.25) is 0 Å². The highest BCUT2D eigenvalue weighted by atomic mass is 32.1. The Balaban J connectivity index is 1.71. The number of aromatic nitrogens is 2. The van der Waals surface area contributed by atoms with Gasteiger partial charge < -0.3 is 9.47 Å². The van der Waals surface area contributed by atoms with Crippen LogP contribution < -0.4 is 14.8 Å². The number of nitrogens with zero attached hydrogens (tertiary/aromatic N) is 2. The maximum Gasteiger partial charge on any atom is 0.261 e. The molecule has 0 fully saturated rings. The first-order valence-corrected chi connectivity index (χ1v) is 9.50. The topological polar surface area (TPSA) is 73.3 Å². The lowest BCUT2D eigenvalue weighted by molar-refractivity contribution is 0.102. The van der Waals surface area contributed by atoms with Crippen molar-refractivity contribution < 1.29 is 14.3 Å². The quantitative estimate of drug-likeness (QED) is 0.574. The highest BCUT2D eigenvalue weighted by Gasteiger charge is 2.15. The predicted octanol–water partition coefficient (Wildman–Crippen LogP) is 4.64. The van der Waals surface area contributed by atoms with Gasteiger partial charge in [0.2, 0.25) is 5.13 Å². The normalized spacial score (nSPS) is 10.4. The molecule has 27 heavy (non-hydrogen) atoms. The van der Waals surface area contributed by atoms with Crippen molar-refractivity contribution in [1.29, 1.82) is 0 Å². The molecule has 1 amide bonds. The number of ether oxygens (including phenoxy) is 2. The first-order valence-electron chi connectivity index (χ1n) is 8.72. The summed E-state index contributed by atoms with van der Waals surface area (Å²) in [6.45, 7) is 2.68. The number of amides is 1. The number of carbonyl (C=O) groups excluding carboxylic acids is 1. The van der Waals surface area contributed by atoms with Gasteiger partial charge in [-0.25, -0.2) is 0 Å². The van der Waals surface area contributed by atoms with Crippen LogP contribution >= 0.6 is 11.5 Å². The molecule has 0 radical (unpaired) electrons. The summed E-state index contributed by atoms with van der Waals surface area (Å²) in [5, 5.41) is 3.24. The number of hydrogen-bond acceptors (Lipinski definition) is 6. The Bertz CT molecular complexity index is 893. The third-order valence-corrected chi connectivity index (χ3v) is 4.51. The van der Waals surface area contributed by atoms with Crippen LogP contribution in [-0.4, -0.2) is 29.0 Å². The van der Waals surface area contributed by atoms with Gasteiger partial charge in [0.1, 0.15) is 11.5 Å². The van der Waals surface area contributed by atoms with Crippen LogP contribution in [0.3, 0.4) is 0 Å². The van der Waals surface area contributed by atoms with Crippen molar-refractivity contribution in [3.63, 3.8) is 0 Å². The second kappa shape index (κ2) is 9.14. The zero-order valence-corrected chi connectivity index (χ0v) is 16.1. The van der Waals surface area contributed by atoms with E-state index in [2.05, 4.69) is 21.6 Å². The van der Waals surface area contributed by atoms with E-state index in [1.54, 1.807) is 19.2 Å². The molecule has 0 aliphatic carbocycles. The van der Waals surface area contributed by atoms with Gasteiger partial charge >= 0.3 is 0 Å². The second-order valence-corrected chi connectivity index (χ2v) is 6.56. The van der Waals surface area contributed by atoms with Crippen molar-refractivity contribution >= 4 is 22.6 Å². The summed E-state index contributed by atoms with van der Waals surface area (Å²) in [5.74, 6) is 1.63. The van der Waals surface area contributed by atoms with Crippen LogP contribution in [0.4, 0.5) is 5.13 Å². The van der Waals surface area contributed by atoms with Crippen molar-refractivity contribution in [1.82, 2.24) is 9.36 Å². The number of benzene rings is 2. The summed E-state index contributed by atoms with van der Waals surface area (Å²) in [6.07, 6.45) is 1.98. The molecule has 0 spiro atoms. The number of unbranched alkanes of at least 4 members (excludes halogenated alkanes) is 1. The molecular formula is C20H21N3O3S. The molecule has 0 bridgehead atoms. The van der Waals surface area contributed by atoms with Crippen molar-refractivity contribution in [2.75, 3.05) is 19.0 Å². The Hall–Kier alpha value is -2.93. The summed E-state index contributed by atoms with van der Waals surface area (Å²) in [6, 6.07) is 14.6. The molecule has 2 aromatic carbocycles. The predicted molar refractivity (Wildman–Crippen MR) is 107 cm³/mol. The minimum Gasteiger partial charge on any atom is -0.497 e. The van der Waals surface area contributed by atoms with E-state index in [0.29, 0.717) is 28.9 Å². The average molecular weight is 383 g/mol. The Morgan fingerprint density at radius 2 is 1.93 bits per heavy atom. The van der Waals surface area contributed by atoms with Gasteiger partial charge in [0.05, 0.1) is 19.3 Å². The third kappa shape index (κ3) is 4.83. The van der Waals surface area contributed by atoms with E-state index in [0.717, 1.165) is 35.7 Å². The summed E-state index contributed by atoms with van der Waals surface area (Å²) < 4.78 is 15.2. The number of rotatable bonds is 8. The SMILES string of the molecule is CCCCOc1ccccc1C(=O)Nc1nc(-c2ccc(OC)cc2)ns1. The smallest absolute Gasteiger partial charge is 0.261 e. The number of methoxy groups -OCH3 is 1. The number of nitrogens with one attached hydrogen (secondary N) is 1. The van der Waals surface area contributed by atoms with E-state index in [4.69, 9.17) is 9.47 Å². The van der Waals surface area contributed by atoms with Crippen molar-refractivity contribution in [2.24, 2.45) is 0 Å². The van der Waals surface area contributed by atoms with Crippen LogP contribution in [0.25, 0.3) is 11.4 Å². The molecule has 0 aliphatic heterocycles. The fourth-order valence-corrected chi connectivity index (χ4v) is 2.99. The molecule has 140 valence electrons. The molecule has 3 rings (SSSR count). The zero-order chi connectivity index (χ0) is 19.1. The van der Waals surface area contributed by atoms with Gasteiger partial charge in [-0.05, 0) is 42.8 Å². The van der Waals surface area contributed by atoms with Crippen LogP contribution in [0.15, 0.2) is 48.5 Å². The lowest BCUT2D eigenvalue weighted by Crippen LogP contribution is -2.13. The lowest BCUT2D eigenvalue weighted by atomic mass is 10.2. The molecule has 1 heterocycles.